The van der Waals surface area contributed by atoms with Gasteiger partial charge in [0.05, 0.1) is 11.2 Å². The zero-order chi connectivity index (χ0) is 50.5. The molecular formula is C66H102O5. The molecule has 4 aromatic rings. The Hall–Kier alpha value is -3.32. The number of rotatable bonds is 44. The van der Waals surface area contributed by atoms with E-state index >= 15 is 0 Å². The van der Waals surface area contributed by atoms with E-state index in [9.17, 15) is 0 Å². The Bertz CT molecular complexity index is 1610. The SMILES string of the molecule is CCCCCCC(CCCCCC)(CCCCCC)OC(OC(OC(OC(OC(CCCCCC)(CCCCCC)CCCCCC)c1ccccc1)c1ccccc1)c1ccccc1)c1ccccc1. The first-order valence-corrected chi connectivity index (χ1v) is 29.5. The number of hydrogen-bond acceptors (Lipinski definition) is 5. The Kier molecular flexibility index (Phi) is 31.7. The summed E-state index contributed by atoms with van der Waals surface area (Å²) in [6.45, 7) is 13.8. The van der Waals surface area contributed by atoms with Crippen LogP contribution in [0.25, 0.3) is 0 Å². The molecule has 71 heavy (non-hydrogen) atoms. The highest BCUT2D eigenvalue weighted by Crippen LogP contribution is 2.44. The first kappa shape index (κ1) is 60.2. The highest BCUT2D eigenvalue weighted by Gasteiger charge is 2.38. The monoisotopic (exact) mass is 975 g/mol. The van der Waals surface area contributed by atoms with Crippen molar-refractivity contribution in [3.05, 3.63) is 144 Å². The van der Waals surface area contributed by atoms with Crippen LogP contribution in [0.5, 0.6) is 0 Å². The lowest BCUT2D eigenvalue weighted by molar-refractivity contribution is -0.354. The summed E-state index contributed by atoms with van der Waals surface area (Å²) >= 11 is 0. The van der Waals surface area contributed by atoms with Gasteiger partial charge in [0.2, 0.25) is 0 Å². The molecule has 0 spiro atoms. The van der Waals surface area contributed by atoms with Gasteiger partial charge in [0.1, 0.15) is 0 Å². The molecule has 4 unspecified atom stereocenters. The molecule has 0 aromatic heterocycles. The minimum Gasteiger partial charge on any atom is -0.342 e. The Morgan fingerprint density at radius 2 is 0.451 bits per heavy atom. The van der Waals surface area contributed by atoms with Gasteiger partial charge < -0.3 is 23.7 Å². The Balaban J connectivity index is 1.83. The Morgan fingerprint density at radius 1 is 0.254 bits per heavy atom. The molecule has 5 heteroatoms. The van der Waals surface area contributed by atoms with E-state index in [2.05, 4.69) is 163 Å². The molecule has 0 saturated heterocycles. The van der Waals surface area contributed by atoms with Crippen LogP contribution in [0.1, 0.15) is 282 Å². The zero-order valence-corrected chi connectivity index (χ0v) is 46.1. The number of benzene rings is 4. The van der Waals surface area contributed by atoms with Crippen LogP contribution in [0.3, 0.4) is 0 Å². The predicted octanol–water partition coefficient (Wildman–Crippen LogP) is 21.2. The fourth-order valence-electron chi connectivity index (χ4n) is 10.3. The predicted molar refractivity (Wildman–Crippen MR) is 300 cm³/mol. The van der Waals surface area contributed by atoms with Crippen LogP contribution >= 0.6 is 0 Å². The number of ether oxygens (including phenoxy) is 5. The van der Waals surface area contributed by atoms with Crippen LogP contribution in [0.4, 0.5) is 0 Å². The van der Waals surface area contributed by atoms with E-state index in [-0.39, 0.29) is 11.2 Å². The summed E-state index contributed by atoms with van der Waals surface area (Å²) in [5.41, 5.74) is 3.17. The molecule has 396 valence electrons. The topological polar surface area (TPSA) is 46.2 Å². The van der Waals surface area contributed by atoms with Crippen molar-refractivity contribution in [2.75, 3.05) is 0 Å². The van der Waals surface area contributed by atoms with Crippen molar-refractivity contribution in [3.63, 3.8) is 0 Å². The molecular weight excluding hydrogens is 873 g/mol. The van der Waals surface area contributed by atoms with Crippen molar-refractivity contribution in [2.45, 2.75) is 271 Å². The van der Waals surface area contributed by atoms with Gasteiger partial charge in [0, 0.05) is 22.3 Å². The first-order chi connectivity index (χ1) is 34.9. The number of hydrogen-bond donors (Lipinski definition) is 0. The third-order valence-corrected chi connectivity index (χ3v) is 14.7. The van der Waals surface area contributed by atoms with Crippen LogP contribution in [-0.4, -0.2) is 11.2 Å². The van der Waals surface area contributed by atoms with Crippen LogP contribution in [0.15, 0.2) is 121 Å². The molecule has 4 aromatic carbocycles. The molecule has 5 nitrogen and oxygen atoms in total. The Labute approximate surface area is 435 Å². The van der Waals surface area contributed by atoms with Crippen molar-refractivity contribution in [3.8, 4) is 0 Å². The minimum absolute atomic E-state index is 0.326. The summed E-state index contributed by atoms with van der Waals surface area (Å²) in [6.07, 6.45) is 32.1. The highest BCUT2D eigenvalue weighted by atomic mass is 16.8. The lowest BCUT2D eigenvalue weighted by atomic mass is 9.84. The molecule has 4 atom stereocenters. The van der Waals surface area contributed by atoms with Gasteiger partial charge in [-0.25, -0.2) is 0 Å². The minimum atomic E-state index is -0.831. The van der Waals surface area contributed by atoms with Crippen LogP contribution in [0.2, 0.25) is 0 Å². The fourth-order valence-corrected chi connectivity index (χ4v) is 10.3. The smallest absolute Gasteiger partial charge is 0.190 e. The maximum atomic E-state index is 7.72. The second-order valence-electron chi connectivity index (χ2n) is 20.8. The van der Waals surface area contributed by atoms with Crippen LogP contribution < -0.4 is 0 Å². The van der Waals surface area contributed by atoms with E-state index in [1.165, 1.54) is 116 Å². The van der Waals surface area contributed by atoms with E-state index < -0.39 is 25.2 Å². The molecule has 0 aliphatic heterocycles. The van der Waals surface area contributed by atoms with Gasteiger partial charge in [-0.1, -0.05) is 317 Å². The average Bonchev–Trinajstić information content (AvgIpc) is 3.41. The van der Waals surface area contributed by atoms with Crippen molar-refractivity contribution < 1.29 is 23.7 Å². The Morgan fingerprint density at radius 3 is 0.662 bits per heavy atom. The van der Waals surface area contributed by atoms with Crippen LogP contribution in [0, 0.1) is 0 Å². The first-order valence-electron chi connectivity index (χ1n) is 29.5. The van der Waals surface area contributed by atoms with E-state index in [0.717, 1.165) is 99.3 Å². The van der Waals surface area contributed by atoms with Gasteiger partial charge in [-0.15, -0.1) is 0 Å². The third-order valence-electron chi connectivity index (χ3n) is 14.7. The molecule has 0 aliphatic rings. The molecule has 0 saturated carbocycles. The quantitative estimate of drug-likeness (QED) is 0.0326. The molecule has 0 fully saturated rings. The number of unbranched alkanes of at least 4 members (excludes halogenated alkanes) is 18. The largest absolute Gasteiger partial charge is 0.342 e. The molecule has 0 bridgehead atoms. The lowest BCUT2D eigenvalue weighted by Crippen LogP contribution is -2.37. The van der Waals surface area contributed by atoms with Crippen LogP contribution in [-0.2, 0) is 23.7 Å². The standard InChI is InChI=1S/C66H102O5/c1-7-13-19-37-51-65(52-38-20-14-8-2,53-39-21-15-9-3)70-63(59-47-33-27-34-48-59)68-61(57-43-29-25-30-44-57)67-62(58-45-31-26-32-46-58)69-64(60-49-35-28-36-50-60)71-66(54-40-22-16-10-4,55-41-23-17-11-5)56-42-24-18-12-6/h25-36,43-50,61-64H,7-24,37-42,51-56H2,1-6H3. The fraction of sp³-hybridized carbons (Fsp3) is 0.636. The third kappa shape index (κ3) is 23.6. The maximum absolute atomic E-state index is 7.72. The van der Waals surface area contributed by atoms with Gasteiger partial charge >= 0.3 is 0 Å². The van der Waals surface area contributed by atoms with E-state index in [0.29, 0.717) is 0 Å². The van der Waals surface area contributed by atoms with Gasteiger partial charge in [-0.3, -0.25) is 0 Å². The average molecular weight is 976 g/mol. The van der Waals surface area contributed by atoms with E-state index in [1.807, 2.05) is 0 Å². The van der Waals surface area contributed by atoms with Crippen molar-refractivity contribution in [2.24, 2.45) is 0 Å². The van der Waals surface area contributed by atoms with Crippen molar-refractivity contribution in [1.29, 1.82) is 0 Å². The molecule has 0 heterocycles. The van der Waals surface area contributed by atoms with Crippen molar-refractivity contribution in [1.82, 2.24) is 0 Å². The van der Waals surface area contributed by atoms with E-state index in [4.69, 9.17) is 23.7 Å². The van der Waals surface area contributed by atoms with Gasteiger partial charge in [0.15, 0.2) is 25.2 Å². The summed E-state index contributed by atoms with van der Waals surface area (Å²) in [5, 5.41) is 0. The molecule has 0 radical (unpaired) electrons. The summed E-state index contributed by atoms with van der Waals surface area (Å²) in [6, 6.07) is 42.1. The molecule has 0 amide bonds. The summed E-state index contributed by atoms with van der Waals surface area (Å²) in [5.74, 6) is 0. The molecule has 0 aliphatic carbocycles. The highest BCUT2D eigenvalue weighted by molar-refractivity contribution is 5.21. The van der Waals surface area contributed by atoms with Gasteiger partial charge in [0.25, 0.3) is 0 Å². The lowest BCUT2D eigenvalue weighted by Gasteiger charge is -2.40. The summed E-state index contributed by atoms with van der Waals surface area (Å²) in [7, 11) is 0. The second-order valence-corrected chi connectivity index (χ2v) is 20.8. The molecule has 0 N–H and O–H groups in total. The normalized spacial score (nSPS) is 13.8. The van der Waals surface area contributed by atoms with Crippen molar-refractivity contribution >= 4 is 0 Å². The van der Waals surface area contributed by atoms with Gasteiger partial charge in [-0.2, -0.15) is 0 Å². The van der Waals surface area contributed by atoms with Gasteiger partial charge in [-0.05, 0) is 38.5 Å². The van der Waals surface area contributed by atoms with E-state index in [1.54, 1.807) is 0 Å². The summed E-state index contributed by atoms with van der Waals surface area (Å²) < 4.78 is 37.8. The zero-order valence-electron chi connectivity index (χ0n) is 46.1. The summed E-state index contributed by atoms with van der Waals surface area (Å²) in [4.78, 5) is 0. The second kappa shape index (κ2) is 37.4. The molecule has 4 rings (SSSR count). The maximum Gasteiger partial charge on any atom is 0.190 e.